The predicted octanol–water partition coefficient (Wildman–Crippen LogP) is 11.8. The highest BCUT2D eigenvalue weighted by Gasteiger charge is 2.19. The minimum atomic E-state index is 0.748. The van der Waals surface area contributed by atoms with Gasteiger partial charge in [-0.3, -0.25) is 0 Å². The van der Waals surface area contributed by atoms with Crippen molar-refractivity contribution in [2.24, 2.45) is 0 Å². The zero-order chi connectivity index (χ0) is 32.3. The third kappa shape index (κ3) is 4.40. The van der Waals surface area contributed by atoms with Crippen molar-refractivity contribution in [1.29, 1.82) is 0 Å². The van der Waals surface area contributed by atoms with Crippen LogP contribution in [0.5, 0.6) is 0 Å². The van der Waals surface area contributed by atoms with Crippen molar-refractivity contribution in [2.45, 2.75) is 0 Å². The van der Waals surface area contributed by atoms with E-state index in [2.05, 4.69) is 153 Å². The Labute approximate surface area is 281 Å². The number of anilines is 3. The summed E-state index contributed by atoms with van der Waals surface area (Å²) in [5.74, 6) is 0. The van der Waals surface area contributed by atoms with Crippen LogP contribution in [0.3, 0.4) is 0 Å². The van der Waals surface area contributed by atoms with Crippen LogP contribution < -0.4 is 4.90 Å². The molecule has 0 aliphatic rings. The van der Waals surface area contributed by atoms with Crippen LogP contribution in [0.2, 0.25) is 0 Å². The van der Waals surface area contributed by atoms with E-state index in [1.807, 2.05) is 30.5 Å². The summed E-state index contributed by atoms with van der Waals surface area (Å²) in [5, 5.41) is 5.65. The average Bonchev–Trinajstić information content (AvgIpc) is 3.72. The molecule has 0 unspecified atom stereocenters. The monoisotopic (exact) mass is 628 g/mol. The van der Waals surface area contributed by atoms with Gasteiger partial charge < -0.3 is 13.9 Å². The van der Waals surface area contributed by atoms with Crippen LogP contribution in [0.15, 0.2) is 175 Å². The number of fused-ring (bicyclic) bond motifs is 7. The SMILES string of the molecule is c1ccc(N(c2ccc(-c3ccc4c(c3)c3ccccc3n4-c3cnc4ncccc4c3)cc2)c2cccc3c2oc2ccccc23)cc1. The molecule has 0 radical (unpaired) electrons. The fraction of sp³-hybridized carbons (Fsp3) is 0. The number of aromatic nitrogens is 3. The Morgan fingerprint density at radius 2 is 1.24 bits per heavy atom. The summed E-state index contributed by atoms with van der Waals surface area (Å²) in [6.07, 6.45) is 3.70. The normalized spacial score (nSPS) is 11.7. The summed E-state index contributed by atoms with van der Waals surface area (Å²) in [6.45, 7) is 0. The van der Waals surface area contributed by atoms with E-state index in [-0.39, 0.29) is 0 Å². The largest absolute Gasteiger partial charge is 0.454 e. The molecule has 5 heteroatoms. The summed E-state index contributed by atoms with van der Waals surface area (Å²) in [4.78, 5) is 11.4. The van der Waals surface area contributed by atoms with Gasteiger partial charge in [0.25, 0.3) is 0 Å². The molecule has 5 nitrogen and oxygen atoms in total. The van der Waals surface area contributed by atoms with Gasteiger partial charge in [-0.05, 0) is 83.9 Å². The lowest BCUT2D eigenvalue weighted by atomic mass is 10.0. The van der Waals surface area contributed by atoms with Gasteiger partial charge >= 0.3 is 0 Å². The van der Waals surface area contributed by atoms with E-state index in [0.29, 0.717) is 0 Å². The number of rotatable bonds is 5. The summed E-state index contributed by atoms with van der Waals surface area (Å²) in [7, 11) is 0. The summed E-state index contributed by atoms with van der Waals surface area (Å²) in [6, 6.07) is 55.4. The predicted molar refractivity (Wildman–Crippen MR) is 201 cm³/mol. The van der Waals surface area contributed by atoms with Gasteiger partial charge in [-0.25, -0.2) is 9.97 Å². The van der Waals surface area contributed by atoms with Crippen molar-refractivity contribution in [3.8, 4) is 16.8 Å². The van der Waals surface area contributed by atoms with Crippen LogP contribution in [0.25, 0.3) is 71.6 Å². The van der Waals surface area contributed by atoms with E-state index in [1.54, 1.807) is 6.20 Å². The molecule has 6 aromatic carbocycles. The van der Waals surface area contributed by atoms with Gasteiger partial charge in [0.1, 0.15) is 5.58 Å². The van der Waals surface area contributed by atoms with Gasteiger partial charge in [-0.2, -0.15) is 0 Å². The summed E-state index contributed by atoms with van der Waals surface area (Å²) < 4.78 is 8.78. The van der Waals surface area contributed by atoms with E-state index >= 15 is 0 Å². The molecule has 4 heterocycles. The molecule has 0 amide bonds. The maximum absolute atomic E-state index is 6.48. The molecule has 49 heavy (non-hydrogen) atoms. The number of hydrogen-bond donors (Lipinski definition) is 0. The number of nitrogens with zero attached hydrogens (tertiary/aromatic N) is 4. The van der Waals surface area contributed by atoms with Crippen molar-refractivity contribution in [3.05, 3.63) is 170 Å². The third-order valence-electron chi connectivity index (χ3n) is 9.47. The first-order valence-electron chi connectivity index (χ1n) is 16.4. The molecular weight excluding hydrogens is 601 g/mol. The van der Waals surface area contributed by atoms with Crippen LogP contribution >= 0.6 is 0 Å². The van der Waals surface area contributed by atoms with Gasteiger partial charge in [0.2, 0.25) is 0 Å². The van der Waals surface area contributed by atoms with Crippen LogP contribution in [-0.4, -0.2) is 14.5 Å². The number of para-hydroxylation sites is 4. The van der Waals surface area contributed by atoms with Crippen LogP contribution in [0.1, 0.15) is 0 Å². The molecule has 4 aromatic heterocycles. The van der Waals surface area contributed by atoms with E-state index in [4.69, 9.17) is 4.42 Å². The minimum absolute atomic E-state index is 0.748. The molecule has 0 N–H and O–H groups in total. The molecule has 10 rings (SSSR count). The molecule has 0 aliphatic heterocycles. The van der Waals surface area contributed by atoms with Crippen molar-refractivity contribution in [2.75, 3.05) is 4.90 Å². The van der Waals surface area contributed by atoms with Gasteiger partial charge in [0, 0.05) is 44.5 Å². The smallest absolute Gasteiger partial charge is 0.159 e. The van der Waals surface area contributed by atoms with E-state index in [1.165, 1.54) is 10.8 Å². The highest BCUT2D eigenvalue weighted by atomic mass is 16.3. The first-order valence-corrected chi connectivity index (χ1v) is 16.4. The second kappa shape index (κ2) is 10.9. The lowest BCUT2D eigenvalue weighted by Gasteiger charge is -2.25. The van der Waals surface area contributed by atoms with Gasteiger partial charge in [0.15, 0.2) is 11.2 Å². The standard InChI is InChI=1S/C44H28N4O/c1-2-11-32(12-3-1)47(41-17-8-15-37-36-14-5-7-18-42(36)49-43(37)41)33-22-19-29(20-23-33)30-21-24-40-38(27-30)35-13-4-6-16-39(35)48(40)34-26-31-10-9-25-45-44(31)46-28-34/h1-28H. The van der Waals surface area contributed by atoms with Crippen molar-refractivity contribution < 1.29 is 4.42 Å². The molecule has 230 valence electrons. The van der Waals surface area contributed by atoms with Gasteiger partial charge in [-0.1, -0.05) is 84.9 Å². The maximum atomic E-state index is 6.48. The molecule has 0 fully saturated rings. The Morgan fingerprint density at radius 3 is 2.14 bits per heavy atom. The van der Waals surface area contributed by atoms with Crippen molar-refractivity contribution in [1.82, 2.24) is 14.5 Å². The van der Waals surface area contributed by atoms with Crippen molar-refractivity contribution in [3.63, 3.8) is 0 Å². The Bertz CT molecular complexity index is 2830. The fourth-order valence-electron chi connectivity index (χ4n) is 7.22. The van der Waals surface area contributed by atoms with E-state index in [0.717, 1.165) is 77.9 Å². The highest BCUT2D eigenvalue weighted by molar-refractivity contribution is 6.11. The zero-order valence-corrected chi connectivity index (χ0v) is 26.4. The Kier molecular flexibility index (Phi) is 6.11. The van der Waals surface area contributed by atoms with E-state index in [9.17, 15) is 0 Å². The molecule has 0 saturated carbocycles. The molecule has 0 saturated heterocycles. The second-order valence-electron chi connectivity index (χ2n) is 12.3. The molecule has 0 spiro atoms. The molecule has 0 atom stereocenters. The topological polar surface area (TPSA) is 47.1 Å². The zero-order valence-electron chi connectivity index (χ0n) is 26.4. The average molecular weight is 629 g/mol. The highest BCUT2D eigenvalue weighted by Crippen LogP contribution is 2.42. The van der Waals surface area contributed by atoms with Gasteiger partial charge in [-0.15, -0.1) is 0 Å². The van der Waals surface area contributed by atoms with E-state index < -0.39 is 0 Å². The first-order chi connectivity index (χ1) is 24.3. The maximum Gasteiger partial charge on any atom is 0.159 e. The molecule has 10 aromatic rings. The number of benzene rings is 6. The van der Waals surface area contributed by atoms with Crippen LogP contribution in [0.4, 0.5) is 17.1 Å². The Hall–Kier alpha value is -6.72. The molecule has 0 bridgehead atoms. The minimum Gasteiger partial charge on any atom is -0.454 e. The number of furan rings is 1. The van der Waals surface area contributed by atoms with Crippen LogP contribution in [0, 0.1) is 0 Å². The summed E-state index contributed by atoms with van der Waals surface area (Å²) in [5.41, 5.74) is 11.2. The number of pyridine rings is 2. The molecular formula is C44H28N4O. The fourth-order valence-corrected chi connectivity index (χ4v) is 7.22. The second-order valence-corrected chi connectivity index (χ2v) is 12.3. The third-order valence-corrected chi connectivity index (χ3v) is 9.47. The quantitative estimate of drug-likeness (QED) is 0.190. The summed E-state index contributed by atoms with van der Waals surface area (Å²) >= 11 is 0. The van der Waals surface area contributed by atoms with Crippen LogP contribution in [-0.2, 0) is 0 Å². The Morgan fingerprint density at radius 1 is 0.510 bits per heavy atom. The molecule has 0 aliphatic carbocycles. The Balaban J connectivity index is 1.09. The van der Waals surface area contributed by atoms with Gasteiger partial charge in [0.05, 0.1) is 28.6 Å². The first kappa shape index (κ1) is 27.4. The lowest BCUT2D eigenvalue weighted by Crippen LogP contribution is -2.10. The number of hydrogen-bond acceptors (Lipinski definition) is 4. The van der Waals surface area contributed by atoms with Crippen molar-refractivity contribution >= 4 is 71.8 Å². The lowest BCUT2D eigenvalue weighted by molar-refractivity contribution is 0.669.